The Bertz CT molecular complexity index is 338. The van der Waals surface area contributed by atoms with Gasteiger partial charge in [0.2, 0.25) is 0 Å². The van der Waals surface area contributed by atoms with Crippen LogP contribution < -0.4 is 0 Å². The van der Waals surface area contributed by atoms with Gasteiger partial charge in [0.1, 0.15) is 4.21 Å². The van der Waals surface area contributed by atoms with Crippen molar-refractivity contribution in [2.24, 2.45) is 5.92 Å². The van der Waals surface area contributed by atoms with E-state index < -0.39 is 15.0 Å². The maximum atomic E-state index is 11.9. The Morgan fingerprint density at radius 3 is 2.46 bits per heavy atom. The molecule has 0 unspecified atom stereocenters. The van der Waals surface area contributed by atoms with E-state index in [0.29, 0.717) is 5.92 Å². The minimum absolute atomic E-state index is 0.371. The number of hydrogen-bond acceptors (Lipinski definition) is 1. The molecule has 3 heteroatoms. The molecule has 0 spiro atoms. The summed E-state index contributed by atoms with van der Waals surface area (Å²) in [5.41, 5.74) is 0. The molecular weight excluding hydrogens is 204 g/mol. The number of alkyl halides is 1. The molecule has 0 aliphatic heterocycles. The summed E-state index contributed by atoms with van der Waals surface area (Å²) < 4.78 is 11.4. The van der Waals surface area contributed by atoms with E-state index >= 15 is 0 Å². The Morgan fingerprint density at radius 2 is 2.00 bits per heavy atom. The molecule has 1 aliphatic rings. The fourth-order valence-electron chi connectivity index (χ4n) is 1.36. The molecule has 0 heterocycles. The molecule has 13 heavy (non-hydrogen) atoms. The van der Waals surface area contributed by atoms with Crippen LogP contribution in [0.2, 0.25) is 0 Å². The van der Waals surface area contributed by atoms with Crippen molar-refractivity contribution in [3.63, 3.8) is 0 Å². The van der Waals surface area contributed by atoms with Gasteiger partial charge in [0.05, 0.1) is 10.8 Å². The summed E-state index contributed by atoms with van der Waals surface area (Å²) in [5, 5.41) is 0. The zero-order chi connectivity index (χ0) is 9.47. The molecule has 0 radical (unpaired) electrons. The first-order valence-corrected chi connectivity index (χ1v) is 5.83. The van der Waals surface area contributed by atoms with Gasteiger partial charge in [-0.05, 0) is 24.5 Å². The summed E-state index contributed by atoms with van der Waals surface area (Å²) in [4.78, 5) is 0.835. The highest BCUT2D eigenvalue weighted by Crippen LogP contribution is 2.53. The average molecular weight is 215 g/mol. The van der Waals surface area contributed by atoms with Crippen LogP contribution in [0, 0.1) is 5.92 Å². The Hall–Kier alpha value is -0.340. The van der Waals surface area contributed by atoms with Crippen molar-refractivity contribution in [2.75, 3.05) is 0 Å². The highest BCUT2D eigenvalue weighted by Gasteiger charge is 2.55. The summed E-state index contributed by atoms with van der Waals surface area (Å²) >= 11 is 6.18. The van der Waals surface area contributed by atoms with Gasteiger partial charge in [-0.3, -0.25) is 4.21 Å². The van der Waals surface area contributed by atoms with Gasteiger partial charge < -0.3 is 0 Å². The van der Waals surface area contributed by atoms with Crippen molar-refractivity contribution in [3.05, 3.63) is 30.3 Å². The molecule has 0 amide bonds. The van der Waals surface area contributed by atoms with Gasteiger partial charge in [-0.2, -0.15) is 0 Å². The van der Waals surface area contributed by atoms with E-state index in [4.69, 9.17) is 11.6 Å². The number of rotatable bonds is 2. The van der Waals surface area contributed by atoms with Crippen molar-refractivity contribution >= 4 is 22.4 Å². The zero-order valence-corrected chi connectivity index (χ0v) is 8.94. The molecular formula is C10H11ClOS. The fourth-order valence-corrected chi connectivity index (χ4v) is 3.42. The summed E-state index contributed by atoms with van der Waals surface area (Å²) in [6, 6.07) is 9.43. The van der Waals surface area contributed by atoms with Gasteiger partial charge in [0.15, 0.2) is 0 Å². The summed E-state index contributed by atoms with van der Waals surface area (Å²) in [6.45, 7) is 2.04. The number of halogens is 1. The normalized spacial score (nSPS) is 34.2. The van der Waals surface area contributed by atoms with E-state index in [2.05, 4.69) is 0 Å². The van der Waals surface area contributed by atoms with Gasteiger partial charge in [0, 0.05) is 4.90 Å². The summed E-state index contributed by atoms with van der Waals surface area (Å²) in [5.74, 6) is 0.371. The average Bonchev–Trinajstić information content (AvgIpc) is 2.76. The fraction of sp³-hybridized carbons (Fsp3) is 0.400. The topological polar surface area (TPSA) is 17.1 Å². The molecule has 1 aromatic rings. The lowest BCUT2D eigenvalue weighted by atomic mass is 10.4. The smallest absolute Gasteiger partial charge is 0.127 e. The van der Waals surface area contributed by atoms with Crippen LogP contribution in [0.1, 0.15) is 13.3 Å². The van der Waals surface area contributed by atoms with Gasteiger partial charge in [0.25, 0.3) is 0 Å². The van der Waals surface area contributed by atoms with Crippen molar-refractivity contribution in [3.8, 4) is 0 Å². The molecule has 0 bridgehead atoms. The predicted octanol–water partition coefficient (Wildman–Crippen LogP) is 2.77. The SMILES string of the molecule is C[C@@H]1C[C@@]1(Cl)[S@@](=O)c1ccccc1. The third-order valence-electron chi connectivity index (χ3n) is 2.43. The molecule has 70 valence electrons. The second kappa shape index (κ2) is 3.10. The van der Waals surface area contributed by atoms with E-state index in [1.807, 2.05) is 37.3 Å². The van der Waals surface area contributed by atoms with Gasteiger partial charge >= 0.3 is 0 Å². The molecule has 1 fully saturated rings. The highest BCUT2D eigenvalue weighted by molar-refractivity contribution is 7.88. The zero-order valence-electron chi connectivity index (χ0n) is 7.37. The molecule has 0 saturated heterocycles. The molecule has 1 aliphatic carbocycles. The van der Waals surface area contributed by atoms with Crippen LogP contribution in [-0.4, -0.2) is 8.42 Å². The van der Waals surface area contributed by atoms with Crippen LogP contribution in [0.3, 0.4) is 0 Å². The van der Waals surface area contributed by atoms with Gasteiger partial charge in [-0.1, -0.05) is 25.1 Å². The van der Waals surface area contributed by atoms with Crippen LogP contribution >= 0.6 is 11.6 Å². The Balaban J connectivity index is 2.25. The Kier molecular flexibility index (Phi) is 2.20. The summed E-state index contributed by atoms with van der Waals surface area (Å²) in [6.07, 6.45) is 0.857. The first kappa shape index (κ1) is 9.22. The van der Waals surface area contributed by atoms with Crippen molar-refractivity contribution in [2.45, 2.75) is 22.4 Å². The first-order valence-electron chi connectivity index (χ1n) is 4.30. The molecule has 1 aromatic carbocycles. The van der Waals surface area contributed by atoms with Crippen molar-refractivity contribution in [1.29, 1.82) is 0 Å². The molecule has 1 saturated carbocycles. The lowest BCUT2D eigenvalue weighted by molar-refractivity contribution is 0.677. The Labute approximate surface area is 85.6 Å². The lowest BCUT2D eigenvalue weighted by Crippen LogP contribution is -2.10. The van der Waals surface area contributed by atoms with Crippen LogP contribution in [0.25, 0.3) is 0 Å². The molecule has 0 aromatic heterocycles. The van der Waals surface area contributed by atoms with Crippen LogP contribution in [0.4, 0.5) is 0 Å². The number of benzene rings is 1. The predicted molar refractivity (Wildman–Crippen MR) is 55.2 cm³/mol. The summed E-state index contributed by atoms with van der Waals surface area (Å²) in [7, 11) is -1.05. The van der Waals surface area contributed by atoms with E-state index in [0.717, 1.165) is 11.3 Å². The minimum atomic E-state index is -1.05. The van der Waals surface area contributed by atoms with Gasteiger partial charge in [-0.25, -0.2) is 0 Å². The standard InChI is InChI=1S/C10H11ClOS/c1-8-7-10(8,11)13(12)9-5-3-2-4-6-9/h2-6,8H,7H2,1H3/t8-,10-,13+/m1/s1. The van der Waals surface area contributed by atoms with E-state index in [-0.39, 0.29) is 0 Å². The van der Waals surface area contributed by atoms with Crippen molar-refractivity contribution in [1.82, 2.24) is 0 Å². The highest BCUT2D eigenvalue weighted by atomic mass is 35.5. The quantitative estimate of drug-likeness (QED) is 0.692. The third kappa shape index (κ3) is 1.53. The van der Waals surface area contributed by atoms with E-state index in [9.17, 15) is 4.21 Å². The minimum Gasteiger partial charge on any atom is -0.252 e. The van der Waals surface area contributed by atoms with E-state index in [1.165, 1.54) is 0 Å². The van der Waals surface area contributed by atoms with E-state index in [1.54, 1.807) is 0 Å². The largest absolute Gasteiger partial charge is 0.252 e. The second-order valence-corrected chi connectivity index (χ2v) is 6.11. The Morgan fingerprint density at radius 1 is 1.46 bits per heavy atom. The molecule has 2 rings (SSSR count). The maximum Gasteiger partial charge on any atom is 0.127 e. The first-order chi connectivity index (χ1) is 6.14. The van der Waals surface area contributed by atoms with Crippen LogP contribution in [0.15, 0.2) is 35.2 Å². The number of hydrogen-bond donors (Lipinski definition) is 0. The van der Waals surface area contributed by atoms with Crippen LogP contribution in [0.5, 0.6) is 0 Å². The maximum absolute atomic E-state index is 11.9. The van der Waals surface area contributed by atoms with Crippen molar-refractivity contribution < 1.29 is 4.21 Å². The molecule has 1 nitrogen and oxygen atoms in total. The second-order valence-electron chi connectivity index (χ2n) is 3.47. The monoisotopic (exact) mass is 214 g/mol. The van der Waals surface area contributed by atoms with Crippen LogP contribution in [-0.2, 0) is 10.8 Å². The molecule has 3 atom stereocenters. The lowest BCUT2D eigenvalue weighted by Gasteiger charge is -2.06. The van der Waals surface area contributed by atoms with Gasteiger partial charge in [-0.15, -0.1) is 11.6 Å². The molecule has 0 N–H and O–H groups in total. The third-order valence-corrected chi connectivity index (χ3v) is 5.26.